The van der Waals surface area contributed by atoms with Crippen LogP contribution in [0.5, 0.6) is 0 Å². The van der Waals surface area contributed by atoms with Gasteiger partial charge in [-0.15, -0.1) is 0 Å². The van der Waals surface area contributed by atoms with Crippen LogP contribution in [0.25, 0.3) is 0 Å². The molecule has 1 aromatic carbocycles. The lowest BCUT2D eigenvalue weighted by molar-refractivity contribution is 0.104. The summed E-state index contributed by atoms with van der Waals surface area (Å²) in [7, 11) is 0. The number of carbonyl (C=O) groups excluding carboxylic acids is 1. The summed E-state index contributed by atoms with van der Waals surface area (Å²) in [6.07, 6.45) is 1.32. The van der Waals surface area contributed by atoms with Gasteiger partial charge in [0.1, 0.15) is 0 Å². The smallest absolute Gasteiger partial charge is 0.185 e. The Morgan fingerprint density at radius 1 is 1.58 bits per heavy atom. The SMILES string of the molecule is C=CC(=O)c1ccc(Br)c(C)c1. The lowest BCUT2D eigenvalue weighted by atomic mass is 10.1. The average Bonchev–Trinajstić information content (AvgIpc) is 2.08. The number of rotatable bonds is 2. The van der Waals surface area contributed by atoms with Crippen LogP contribution in [-0.2, 0) is 0 Å². The molecule has 62 valence electrons. The molecule has 0 saturated carbocycles. The summed E-state index contributed by atoms with van der Waals surface area (Å²) in [5.74, 6) is -0.0365. The second kappa shape index (κ2) is 3.68. The third-order valence-corrected chi connectivity index (χ3v) is 2.52. The van der Waals surface area contributed by atoms with Gasteiger partial charge in [-0.2, -0.15) is 0 Å². The van der Waals surface area contributed by atoms with Gasteiger partial charge in [0.05, 0.1) is 0 Å². The van der Waals surface area contributed by atoms with Gasteiger partial charge in [0.2, 0.25) is 0 Å². The van der Waals surface area contributed by atoms with Gasteiger partial charge in [0, 0.05) is 10.0 Å². The van der Waals surface area contributed by atoms with Crippen LogP contribution in [0.2, 0.25) is 0 Å². The fraction of sp³-hybridized carbons (Fsp3) is 0.100. The summed E-state index contributed by atoms with van der Waals surface area (Å²) in [4.78, 5) is 11.1. The molecule has 0 spiro atoms. The van der Waals surface area contributed by atoms with Crippen molar-refractivity contribution in [3.05, 3.63) is 46.5 Å². The molecule has 0 fully saturated rings. The van der Waals surface area contributed by atoms with E-state index in [1.54, 1.807) is 6.07 Å². The van der Waals surface area contributed by atoms with E-state index in [0.29, 0.717) is 5.56 Å². The molecule has 2 heteroatoms. The van der Waals surface area contributed by atoms with Crippen molar-refractivity contribution >= 4 is 21.7 Å². The van der Waals surface area contributed by atoms with Gasteiger partial charge < -0.3 is 0 Å². The van der Waals surface area contributed by atoms with Crippen molar-refractivity contribution in [2.75, 3.05) is 0 Å². The summed E-state index contributed by atoms with van der Waals surface area (Å²) in [5.41, 5.74) is 1.74. The van der Waals surface area contributed by atoms with Gasteiger partial charge in [-0.1, -0.05) is 22.5 Å². The van der Waals surface area contributed by atoms with Crippen LogP contribution in [0.15, 0.2) is 35.3 Å². The highest BCUT2D eigenvalue weighted by Crippen LogP contribution is 2.17. The van der Waals surface area contributed by atoms with Crippen LogP contribution in [0.3, 0.4) is 0 Å². The zero-order chi connectivity index (χ0) is 9.14. The lowest BCUT2D eigenvalue weighted by Gasteiger charge is -1.99. The van der Waals surface area contributed by atoms with Crippen LogP contribution in [-0.4, -0.2) is 5.78 Å². The van der Waals surface area contributed by atoms with E-state index < -0.39 is 0 Å². The summed E-state index contributed by atoms with van der Waals surface area (Å²) in [5, 5.41) is 0. The van der Waals surface area contributed by atoms with E-state index in [1.165, 1.54) is 6.08 Å². The second-order valence-corrected chi connectivity index (χ2v) is 3.39. The van der Waals surface area contributed by atoms with Crippen molar-refractivity contribution < 1.29 is 4.79 Å². The number of benzene rings is 1. The first-order valence-corrected chi connectivity index (χ1v) is 4.37. The van der Waals surface area contributed by atoms with Crippen LogP contribution >= 0.6 is 15.9 Å². The third kappa shape index (κ3) is 1.83. The van der Waals surface area contributed by atoms with Crippen molar-refractivity contribution in [1.29, 1.82) is 0 Å². The van der Waals surface area contributed by atoms with Crippen LogP contribution in [0, 0.1) is 6.92 Å². The number of aryl methyl sites for hydroxylation is 1. The molecule has 0 heterocycles. The fourth-order valence-corrected chi connectivity index (χ4v) is 1.16. The maximum Gasteiger partial charge on any atom is 0.185 e. The van der Waals surface area contributed by atoms with Crippen molar-refractivity contribution in [3.8, 4) is 0 Å². The van der Waals surface area contributed by atoms with E-state index in [2.05, 4.69) is 22.5 Å². The number of carbonyl (C=O) groups is 1. The summed E-state index contributed by atoms with van der Waals surface area (Å²) >= 11 is 3.36. The quantitative estimate of drug-likeness (QED) is 0.558. The molecule has 1 nitrogen and oxygen atoms in total. The first-order valence-electron chi connectivity index (χ1n) is 3.58. The van der Waals surface area contributed by atoms with Crippen LogP contribution in [0.1, 0.15) is 15.9 Å². The van der Waals surface area contributed by atoms with Crippen LogP contribution < -0.4 is 0 Å². The highest BCUT2D eigenvalue weighted by atomic mass is 79.9. The molecule has 0 unspecified atom stereocenters. The third-order valence-electron chi connectivity index (χ3n) is 1.63. The van der Waals surface area contributed by atoms with E-state index in [9.17, 15) is 4.79 Å². The standard InChI is InChI=1S/C10H9BrO/c1-3-10(12)8-4-5-9(11)7(2)6-8/h3-6H,1H2,2H3. The van der Waals surface area contributed by atoms with E-state index in [-0.39, 0.29) is 5.78 Å². The monoisotopic (exact) mass is 224 g/mol. The molecule has 0 saturated heterocycles. The Balaban J connectivity index is 3.13. The Bertz CT molecular complexity index is 329. The summed E-state index contributed by atoms with van der Waals surface area (Å²) < 4.78 is 1.02. The maximum absolute atomic E-state index is 11.1. The first-order chi connectivity index (χ1) is 5.65. The minimum absolute atomic E-state index is 0.0365. The van der Waals surface area contributed by atoms with Gasteiger partial charge in [0.15, 0.2) is 5.78 Å². The van der Waals surface area contributed by atoms with Gasteiger partial charge >= 0.3 is 0 Å². The minimum atomic E-state index is -0.0365. The molecule has 12 heavy (non-hydrogen) atoms. The highest BCUT2D eigenvalue weighted by molar-refractivity contribution is 9.10. The zero-order valence-electron chi connectivity index (χ0n) is 6.80. The summed E-state index contributed by atoms with van der Waals surface area (Å²) in [6, 6.07) is 5.49. The van der Waals surface area contributed by atoms with Gasteiger partial charge in [-0.25, -0.2) is 0 Å². The molecule has 0 bridgehead atoms. The van der Waals surface area contributed by atoms with Crippen molar-refractivity contribution in [2.45, 2.75) is 6.92 Å². The van der Waals surface area contributed by atoms with E-state index in [1.807, 2.05) is 19.1 Å². The zero-order valence-corrected chi connectivity index (χ0v) is 8.39. The van der Waals surface area contributed by atoms with E-state index in [4.69, 9.17) is 0 Å². The van der Waals surface area contributed by atoms with E-state index >= 15 is 0 Å². The second-order valence-electron chi connectivity index (χ2n) is 2.53. The highest BCUT2D eigenvalue weighted by Gasteiger charge is 2.01. The number of ketones is 1. The van der Waals surface area contributed by atoms with Gasteiger partial charge in [-0.3, -0.25) is 4.79 Å². The maximum atomic E-state index is 11.1. The van der Waals surface area contributed by atoms with Gasteiger partial charge in [-0.05, 0) is 36.8 Å². The molecule has 0 aromatic heterocycles. The topological polar surface area (TPSA) is 17.1 Å². The number of halogens is 1. The molecule has 0 aliphatic heterocycles. The largest absolute Gasteiger partial charge is 0.289 e. The van der Waals surface area contributed by atoms with E-state index in [0.717, 1.165) is 10.0 Å². The molecular formula is C10H9BrO. The van der Waals surface area contributed by atoms with Crippen molar-refractivity contribution in [1.82, 2.24) is 0 Å². The van der Waals surface area contributed by atoms with Gasteiger partial charge in [0.25, 0.3) is 0 Å². The Morgan fingerprint density at radius 3 is 2.75 bits per heavy atom. The Kier molecular flexibility index (Phi) is 2.82. The molecule has 0 N–H and O–H groups in total. The number of allylic oxidation sites excluding steroid dienone is 1. The Labute approximate surface area is 80.2 Å². The lowest BCUT2D eigenvalue weighted by Crippen LogP contribution is -1.93. The fourth-order valence-electron chi connectivity index (χ4n) is 0.916. The summed E-state index contributed by atoms with van der Waals surface area (Å²) in [6.45, 7) is 5.38. The predicted molar refractivity (Wildman–Crippen MR) is 53.4 cm³/mol. The normalized spacial score (nSPS) is 9.50. The Hall–Kier alpha value is -0.890. The molecule has 0 aliphatic rings. The van der Waals surface area contributed by atoms with Crippen LogP contribution in [0.4, 0.5) is 0 Å². The number of hydrogen-bond acceptors (Lipinski definition) is 1. The molecular weight excluding hydrogens is 216 g/mol. The van der Waals surface area contributed by atoms with Crippen molar-refractivity contribution in [2.24, 2.45) is 0 Å². The molecule has 0 radical (unpaired) electrons. The first kappa shape index (κ1) is 9.20. The molecule has 0 amide bonds. The Morgan fingerprint density at radius 2 is 2.25 bits per heavy atom. The minimum Gasteiger partial charge on any atom is -0.289 e. The molecule has 1 aromatic rings. The average molecular weight is 225 g/mol. The number of hydrogen-bond donors (Lipinski definition) is 0. The molecule has 0 atom stereocenters. The van der Waals surface area contributed by atoms with Crippen molar-refractivity contribution in [3.63, 3.8) is 0 Å². The molecule has 1 rings (SSSR count). The molecule has 0 aliphatic carbocycles. The predicted octanol–water partition coefficient (Wildman–Crippen LogP) is 3.13.